The van der Waals surface area contributed by atoms with Crippen molar-refractivity contribution >= 4 is 16.9 Å². The van der Waals surface area contributed by atoms with Crippen LogP contribution in [0.4, 0.5) is 5.82 Å². The summed E-state index contributed by atoms with van der Waals surface area (Å²) >= 11 is 0. The van der Waals surface area contributed by atoms with Crippen LogP contribution < -0.4 is 4.90 Å². The maximum atomic E-state index is 4.43. The lowest BCUT2D eigenvalue weighted by Crippen LogP contribution is -2.34. The fourth-order valence-electron chi connectivity index (χ4n) is 2.49. The molecule has 1 aliphatic rings. The maximum Gasteiger partial charge on any atom is 0.142 e. The van der Waals surface area contributed by atoms with E-state index in [0.29, 0.717) is 0 Å². The normalized spacial score (nSPS) is 21.6. The Balaban J connectivity index is 2.01. The highest BCUT2D eigenvalue weighted by atomic mass is 15.2. The van der Waals surface area contributed by atoms with Gasteiger partial charge >= 0.3 is 0 Å². The average molecular weight is 216 g/mol. The molecule has 1 saturated heterocycles. The number of aromatic amines is 1. The van der Waals surface area contributed by atoms with E-state index in [0.717, 1.165) is 35.9 Å². The number of nitrogens with zero attached hydrogens (tertiary/aromatic N) is 3. The second kappa shape index (κ2) is 3.77. The quantitative estimate of drug-likeness (QED) is 0.794. The zero-order chi connectivity index (χ0) is 11.0. The molecule has 0 aliphatic carbocycles. The number of piperidine rings is 1. The van der Waals surface area contributed by atoms with Crippen LogP contribution >= 0.6 is 0 Å². The van der Waals surface area contributed by atoms with Crippen LogP contribution in [0, 0.1) is 5.92 Å². The molecule has 84 valence electrons. The second-order valence-electron chi connectivity index (χ2n) is 4.63. The van der Waals surface area contributed by atoms with Crippen molar-refractivity contribution in [2.75, 3.05) is 18.0 Å². The Morgan fingerprint density at radius 3 is 3.25 bits per heavy atom. The standard InChI is InChI=1S/C12H16N4/c1-9-3-2-6-16(7-9)12-10-4-5-13-11(10)14-8-15-12/h4-5,8-9H,2-3,6-7H2,1H3,(H,13,14,15)/t9-/m0/s1. The molecule has 16 heavy (non-hydrogen) atoms. The Kier molecular flexibility index (Phi) is 2.27. The lowest BCUT2D eigenvalue weighted by Gasteiger charge is -2.32. The van der Waals surface area contributed by atoms with Crippen LogP contribution in [0.3, 0.4) is 0 Å². The highest BCUT2D eigenvalue weighted by Crippen LogP contribution is 2.26. The number of hydrogen-bond donors (Lipinski definition) is 1. The summed E-state index contributed by atoms with van der Waals surface area (Å²) < 4.78 is 0. The molecule has 3 heterocycles. The summed E-state index contributed by atoms with van der Waals surface area (Å²) in [5.41, 5.74) is 0.934. The molecule has 2 aromatic heterocycles. The van der Waals surface area contributed by atoms with Crippen molar-refractivity contribution in [2.24, 2.45) is 5.92 Å². The van der Waals surface area contributed by atoms with Crippen molar-refractivity contribution in [3.05, 3.63) is 18.6 Å². The van der Waals surface area contributed by atoms with E-state index < -0.39 is 0 Å². The van der Waals surface area contributed by atoms with E-state index >= 15 is 0 Å². The summed E-state index contributed by atoms with van der Waals surface area (Å²) in [5.74, 6) is 1.84. The smallest absolute Gasteiger partial charge is 0.142 e. The Labute approximate surface area is 94.7 Å². The summed E-state index contributed by atoms with van der Waals surface area (Å²) in [6.07, 6.45) is 6.17. The Hall–Kier alpha value is -1.58. The van der Waals surface area contributed by atoms with Crippen molar-refractivity contribution < 1.29 is 0 Å². The molecule has 0 aromatic carbocycles. The highest BCUT2D eigenvalue weighted by molar-refractivity contribution is 5.87. The van der Waals surface area contributed by atoms with E-state index in [1.165, 1.54) is 12.8 Å². The van der Waals surface area contributed by atoms with Gasteiger partial charge in [-0.1, -0.05) is 6.92 Å². The van der Waals surface area contributed by atoms with E-state index in [2.05, 4.69) is 32.8 Å². The van der Waals surface area contributed by atoms with Gasteiger partial charge in [0.15, 0.2) is 0 Å². The molecular formula is C12H16N4. The van der Waals surface area contributed by atoms with Crippen molar-refractivity contribution in [1.82, 2.24) is 15.0 Å². The molecule has 0 radical (unpaired) electrons. The lowest BCUT2D eigenvalue weighted by molar-refractivity contribution is 0.445. The van der Waals surface area contributed by atoms with Gasteiger partial charge in [-0.25, -0.2) is 9.97 Å². The molecule has 0 saturated carbocycles. The van der Waals surface area contributed by atoms with Gasteiger partial charge in [-0.2, -0.15) is 0 Å². The monoisotopic (exact) mass is 216 g/mol. The van der Waals surface area contributed by atoms with Crippen LogP contribution in [-0.2, 0) is 0 Å². The molecule has 2 aromatic rings. The van der Waals surface area contributed by atoms with E-state index in [-0.39, 0.29) is 0 Å². The van der Waals surface area contributed by atoms with Crippen molar-refractivity contribution in [3.63, 3.8) is 0 Å². The van der Waals surface area contributed by atoms with E-state index in [9.17, 15) is 0 Å². The van der Waals surface area contributed by atoms with E-state index in [1.54, 1.807) is 6.33 Å². The molecular weight excluding hydrogens is 200 g/mol. The van der Waals surface area contributed by atoms with Gasteiger partial charge in [0.05, 0.1) is 5.39 Å². The summed E-state index contributed by atoms with van der Waals surface area (Å²) in [5, 5.41) is 1.14. The van der Waals surface area contributed by atoms with Gasteiger partial charge in [-0.15, -0.1) is 0 Å². The number of fused-ring (bicyclic) bond motifs is 1. The van der Waals surface area contributed by atoms with Crippen LogP contribution in [-0.4, -0.2) is 28.0 Å². The van der Waals surface area contributed by atoms with Crippen LogP contribution in [0.15, 0.2) is 18.6 Å². The first kappa shape index (κ1) is 9.63. The third-order valence-electron chi connectivity index (χ3n) is 3.29. The zero-order valence-corrected chi connectivity index (χ0v) is 9.48. The van der Waals surface area contributed by atoms with Gasteiger partial charge in [-0.3, -0.25) is 0 Å². The second-order valence-corrected chi connectivity index (χ2v) is 4.63. The van der Waals surface area contributed by atoms with Gasteiger partial charge < -0.3 is 9.88 Å². The first-order valence-electron chi connectivity index (χ1n) is 5.87. The minimum Gasteiger partial charge on any atom is -0.356 e. The molecule has 4 heteroatoms. The summed E-state index contributed by atoms with van der Waals surface area (Å²) in [4.78, 5) is 14.2. The van der Waals surface area contributed by atoms with Crippen LogP contribution in [0.5, 0.6) is 0 Å². The van der Waals surface area contributed by atoms with Gasteiger partial charge in [0.2, 0.25) is 0 Å². The fraction of sp³-hybridized carbons (Fsp3) is 0.500. The minimum atomic E-state index is 0.762. The number of nitrogens with one attached hydrogen (secondary N) is 1. The van der Waals surface area contributed by atoms with Crippen molar-refractivity contribution in [1.29, 1.82) is 0 Å². The first-order valence-corrected chi connectivity index (χ1v) is 5.87. The highest BCUT2D eigenvalue weighted by Gasteiger charge is 2.19. The summed E-state index contributed by atoms with van der Waals surface area (Å²) in [6, 6.07) is 2.06. The van der Waals surface area contributed by atoms with Gasteiger partial charge in [0.1, 0.15) is 17.8 Å². The van der Waals surface area contributed by atoms with Gasteiger partial charge in [0, 0.05) is 19.3 Å². The van der Waals surface area contributed by atoms with Crippen LogP contribution in [0.2, 0.25) is 0 Å². The van der Waals surface area contributed by atoms with E-state index in [1.807, 2.05) is 6.20 Å². The Morgan fingerprint density at radius 1 is 1.44 bits per heavy atom. The molecule has 3 rings (SSSR count). The summed E-state index contributed by atoms with van der Waals surface area (Å²) in [6.45, 7) is 4.53. The Bertz CT molecular complexity index is 490. The number of aromatic nitrogens is 3. The van der Waals surface area contributed by atoms with Crippen LogP contribution in [0.25, 0.3) is 11.0 Å². The number of rotatable bonds is 1. The third-order valence-corrected chi connectivity index (χ3v) is 3.29. The Morgan fingerprint density at radius 2 is 2.38 bits per heavy atom. The number of H-pyrrole nitrogens is 1. The number of anilines is 1. The van der Waals surface area contributed by atoms with Gasteiger partial charge in [-0.05, 0) is 24.8 Å². The minimum absolute atomic E-state index is 0.762. The van der Waals surface area contributed by atoms with Crippen LogP contribution in [0.1, 0.15) is 19.8 Å². The molecule has 1 aliphatic heterocycles. The third kappa shape index (κ3) is 1.54. The first-order chi connectivity index (χ1) is 7.84. The zero-order valence-electron chi connectivity index (χ0n) is 9.48. The largest absolute Gasteiger partial charge is 0.356 e. The average Bonchev–Trinajstić information content (AvgIpc) is 2.76. The SMILES string of the molecule is C[C@H]1CCCN(c2ncnc3[nH]ccc23)C1. The van der Waals surface area contributed by atoms with Crippen molar-refractivity contribution in [3.8, 4) is 0 Å². The molecule has 1 fully saturated rings. The molecule has 4 nitrogen and oxygen atoms in total. The lowest BCUT2D eigenvalue weighted by atomic mass is 10.0. The molecule has 0 amide bonds. The molecule has 0 bridgehead atoms. The molecule has 0 spiro atoms. The van der Waals surface area contributed by atoms with E-state index in [4.69, 9.17) is 0 Å². The molecule has 1 N–H and O–H groups in total. The number of hydrogen-bond acceptors (Lipinski definition) is 3. The van der Waals surface area contributed by atoms with Gasteiger partial charge in [0.25, 0.3) is 0 Å². The fourth-order valence-corrected chi connectivity index (χ4v) is 2.49. The topological polar surface area (TPSA) is 44.8 Å². The predicted octanol–water partition coefficient (Wildman–Crippen LogP) is 2.19. The predicted molar refractivity (Wildman–Crippen MR) is 64.5 cm³/mol. The molecule has 0 unspecified atom stereocenters. The van der Waals surface area contributed by atoms with Crippen molar-refractivity contribution in [2.45, 2.75) is 19.8 Å². The molecule has 1 atom stereocenters. The maximum absolute atomic E-state index is 4.43. The summed E-state index contributed by atoms with van der Waals surface area (Å²) in [7, 11) is 0.